The minimum absolute atomic E-state index is 0.102. The Hall–Kier alpha value is -3.98. The molecular formula is C29H35N7O2. The number of nitrogens with zero attached hydrogens (tertiary/aromatic N) is 5. The number of benzene rings is 2. The van der Waals surface area contributed by atoms with Crippen LogP contribution in [-0.2, 0) is 4.79 Å². The summed E-state index contributed by atoms with van der Waals surface area (Å²) in [5.41, 5.74) is 8.75. The molecule has 0 aliphatic heterocycles. The number of carbonyl (C=O) groups is 1. The molecule has 9 heteroatoms. The summed E-state index contributed by atoms with van der Waals surface area (Å²) in [4.78, 5) is 23.5. The fraction of sp³-hybridized carbons (Fsp3) is 0.379. The molecule has 0 bridgehead atoms. The maximum atomic E-state index is 12.7. The zero-order valence-corrected chi connectivity index (χ0v) is 22.2. The van der Waals surface area contributed by atoms with E-state index in [0.29, 0.717) is 5.82 Å². The Morgan fingerprint density at radius 3 is 2.39 bits per heavy atom. The number of nitrogens with two attached hydrogens (primary N) is 1. The van der Waals surface area contributed by atoms with Gasteiger partial charge in [-0.25, -0.2) is 14.6 Å². The first-order valence-corrected chi connectivity index (χ1v) is 13.2. The number of likely N-dealkylation sites (N-methyl/N-ethyl adjacent to an activating group) is 1. The van der Waals surface area contributed by atoms with Crippen molar-refractivity contribution in [3.05, 3.63) is 60.9 Å². The molecular weight excluding hydrogens is 478 g/mol. The Bertz CT molecular complexity index is 1380. The maximum Gasteiger partial charge on any atom is 0.237 e. The minimum Gasteiger partial charge on any atom is -0.457 e. The van der Waals surface area contributed by atoms with Gasteiger partial charge in [0.2, 0.25) is 5.91 Å². The molecule has 1 atom stereocenters. The second kappa shape index (κ2) is 11.2. The lowest BCUT2D eigenvalue weighted by molar-refractivity contribution is -0.126. The van der Waals surface area contributed by atoms with Crippen molar-refractivity contribution in [2.45, 2.75) is 57.2 Å². The minimum atomic E-state index is -0.102. The molecule has 1 unspecified atom stereocenters. The van der Waals surface area contributed by atoms with Crippen molar-refractivity contribution in [3.63, 3.8) is 0 Å². The van der Waals surface area contributed by atoms with Crippen molar-refractivity contribution in [3.8, 4) is 22.8 Å². The smallest absolute Gasteiger partial charge is 0.237 e. The van der Waals surface area contributed by atoms with E-state index in [1.807, 2.05) is 85.2 Å². The zero-order chi connectivity index (χ0) is 26.6. The molecule has 198 valence electrons. The summed E-state index contributed by atoms with van der Waals surface area (Å²) in [6.07, 6.45) is 5.86. The van der Waals surface area contributed by atoms with Crippen molar-refractivity contribution in [2.24, 2.45) is 0 Å². The van der Waals surface area contributed by atoms with E-state index in [0.717, 1.165) is 65.9 Å². The van der Waals surface area contributed by atoms with Crippen molar-refractivity contribution >= 4 is 22.8 Å². The largest absolute Gasteiger partial charge is 0.457 e. The number of nitrogens with one attached hydrogen (secondary N) is 1. The highest BCUT2D eigenvalue weighted by Crippen LogP contribution is 2.36. The predicted molar refractivity (Wildman–Crippen MR) is 149 cm³/mol. The highest BCUT2D eigenvalue weighted by Gasteiger charge is 2.29. The summed E-state index contributed by atoms with van der Waals surface area (Å²) in [6, 6.07) is 17.8. The van der Waals surface area contributed by atoms with E-state index >= 15 is 0 Å². The predicted octanol–water partition coefficient (Wildman–Crippen LogP) is 4.81. The van der Waals surface area contributed by atoms with Crippen LogP contribution in [0.2, 0.25) is 0 Å². The van der Waals surface area contributed by atoms with Crippen LogP contribution in [0.25, 0.3) is 22.3 Å². The van der Waals surface area contributed by atoms with Gasteiger partial charge in [0.1, 0.15) is 29.3 Å². The molecule has 0 spiro atoms. The number of anilines is 1. The monoisotopic (exact) mass is 513 g/mol. The normalized spacial score (nSPS) is 18.4. The van der Waals surface area contributed by atoms with Gasteiger partial charge in [0.25, 0.3) is 0 Å². The van der Waals surface area contributed by atoms with Crippen LogP contribution in [0, 0.1) is 0 Å². The van der Waals surface area contributed by atoms with Gasteiger partial charge in [-0.2, -0.15) is 5.10 Å². The number of hydrogen-bond donors (Lipinski definition) is 2. The lowest BCUT2D eigenvalue weighted by Crippen LogP contribution is -2.48. The summed E-state index contributed by atoms with van der Waals surface area (Å²) in [6.45, 7) is 2.04. The third-order valence-corrected chi connectivity index (χ3v) is 7.33. The van der Waals surface area contributed by atoms with Crippen LogP contribution in [-0.4, -0.2) is 56.7 Å². The molecule has 1 fully saturated rings. The Balaban J connectivity index is 1.34. The molecule has 2 heterocycles. The number of nitrogen functional groups attached to an aromatic ring is 1. The number of fused-ring (bicyclic) bond motifs is 1. The van der Waals surface area contributed by atoms with E-state index in [1.54, 1.807) is 0 Å². The van der Waals surface area contributed by atoms with Gasteiger partial charge in [0.15, 0.2) is 5.65 Å². The van der Waals surface area contributed by atoms with Gasteiger partial charge in [-0.15, -0.1) is 0 Å². The molecule has 5 rings (SSSR count). The lowest BCUT2D eigenvalue weighted by Gasteiger charge is -2.31. The number of ether oxygens (including phenoxy) is 1. The van der Waals surface area contributed by atoms with Crippen molar-refractivity contribution in [1.82, 2.24) is 30.0 Å². The fourth-order valence-corrected chi connectivity index (χ4v) is 5.30. The van der Waals surface area contributed by atoms with E-state index in [1.165, 1.54) is 6.33 Å². The second-order valence-electron chi connectivity index (χ2n) is 10.1. The number of hydrogen-bond acceptors (Lipinski definition) is 7. The molecule has 1 amide bonds. The highest BCUT2D eigenvalue weighted by molar-refractivity contribution is 5.98. The average Bonchev–Trinajstić information content (AvgIpc) is 3.31. The maximum absolute atomic E-state index is 12.7. The number of rotatable bonds is 8. The summed E-state index contributed by atoms with van der Waals surface area (Å²) < 4.78 is 7.95. The van der Waals surface area contributed by atoms with Crippen molar-refractivity contribution in [2.75, 3.05) is 19.8 Å². The highest BCUT2D eigenvalue weighted by atomic mass is 16.5. The molecule has 3 N–H and O–H groups in total. The molecule has 0 radical (unpaired) electrons. The van der Waals surface area contributed by atoms with E-state index in [-0.39, 0.29) is 24.0 Å². The van der Waals surface area contributed by atoms with Gasteiger partial charge in [-0.3, -0.25) is 9.69 Å². The fourth-order valence-electron chi connectivity index (χ4n) is 5.30. The first-order chi connectivity index (χ1) is 18.4. The van der Waals surface area contributed by atoms with Gasteiger partial charge in [-0.05, 0) is 82.6 Å². The van der Waals surface area contributed by atoms with Crippen molar-refractivity contribution < 1.29 is 9.53 Å². The Kier molecular flexibility index (Phi) is 7.55. The van der Waals surface area contributed by atoms with Crippen LogP contribution in [0.4, 0.5) is 5.82 Å². The van der Waals surface area contributed by atoms with Gasteiger partial charge in [0.05, 0.1) is 17.5 Å². The van der Waals surface area contributed by atoms with Gasteiger partial charge < -0.3 is 15.8 Å². The average molecular weight is 514 g/mol. The number of para-hydroxylation sites is 1. The molecule has 2 aromatic carbocycles. The van der Waals surface area contributed by atoms with Gasteiger partial charge in [0, 0.05) is 11.6 Å². The molecule has 38 heavy (non-hydrogen) atoms. The van der Waals surface area contributed by atoms with Crippen LogP contribution >= 0.6 is 0 Å². The van der Waals surface area contributed by atoms with Crippen LogP contribution in [0.15, 0.2) is 60.9 Å². The van der Waals surface area contributed by atoms with Crippen LogP contribution in [0.3, 0.4) is 0 Å². The second-order valence-corrected chi connectivity index (χ2v) is 10.1. The van der Waals surface area contributed by atoms with E-state index in [2.05, 4.69) is 15.3 Å². The van der Waals surface area contributed by atoms with E-state index in [4.69, 9.17) is 15.6 Å². The van der Waals surface area contributed by atoms with E-state index < -0.39 is 0 Å². The summed E-state index contributed by atoms with van der Waals surface area (Å²) in [5.74, 6) is 2.04. The van der Waals surface area contributed by atoms with Gasteiger partial charge >= 0.3 is 0 Å². The molecule has 2 aromatic heterocycles. The summed E-state index contributed by atoms with van der Waals surface area (Å²) in [5, 5.41) is 9.02. The quantitative estimate of drug-likeness (QED) is 0.348. The van der Waals surface area contributed by atoms with Crippen LogP contribution in [0.1, 0.15) is 45.1 Å². The Morgan fingerprint density at radius 1 is 1.05 bits per heavy atom. The SMILES string of the molecule is CCC(C(=O)NC1CCC(n2nc(-c3ccc(Oc4ccccc4)cc3)c3c(N)ncnc32)CC1)N(C)C. The third-order valence-electron chi connectivity index (χ3n) is 7.33. The first kappa shape index (κ1) is 25.7. The number of carbonyl (C=O) groups excluding carboxylic acids is 1. The Labute approximate surface area is 223 Å². The first-order valence-electron chi connectivity index (χ1n) is 13.2. The summed E-state index contributed by atoms with van der Waals surface area (Å²) in [7, 11) is 3.89. The molecule has 1 aliphatic rings. The zero-order valence-electron chi connectivity index (χ0n) is 22.2. The molecule has 0 saturated heterocycles. The summed E-state index contributed by atoms with van der Waals surface area (Å²) >= 11 is 0. The molecule has 4 aromatic rings. The lowest BCUT2D eigenvalue weighted by atomic mass is 9.91. The number of aromatic nitrogens is 4. The van der Waals surface area contributed by atoms with Crippen molar-refractivity contribution in [1.29, 1.82) is 0 Å². The molecule has 9 nitrogen and oxygen atoms in total. The standard InChI is InChI=1S/C29H35N7O2/c1-4-24(35(2)3)29(37)33-20-12-14-21(15-13-20)36-28-25(27(30)31-18-32-28)26(34-36)19-10-16-23(17-11-19)38-22-8-6-5-7-9-22/h5-11,16-18,20-21,24H,4,12-15H2,1-3H3,(H,33,37)(H2,30,31,32). The van der Waals surface area contributed by atoms with E-state index in [9.17, 15) is 4.79 Å². The van der Waals surface area contributed by atoms with Crippen LogP contribution in [0.5, 0.6) is 11.5 Å². The van der Waals surface area contributed by atoms with Crippen LogP contribution < -0.4 is 15.8 Å². The molecule has 1 aliphatic carbocycles. The third kappa shape index (κ3) is 5.33. The van der Waals surface area contributed by atoms with Gasteiger partial charge in [-0.1, -0.05) is 25.1 Å². The number of amides is 1. The Morgan fingerprint density at radius 2 is 1.74 bits per heavy atom. The molecule has 1 saturated carbocycles. The topological polar surface area (TPSA) is 111 Å².